The number of fused-ring (bicyclic) bond motifs is 5. The number of aliphatic hydroxyl groups is 2. The molecule has 0 spiro atoms. The lowest BCUT2D eigenvalue weighted by Gasteiger charge is -2.67. The van der Waals surface area contributed by atoms with Crippen molar-refractivity contribution in [1.29, 1.82) is 0 Å². The monoisotopic (exact) mass is 686 g/mol. The molecule has 5 rings (SSSR count). The zero-order chi connectivity index (χ0) is 36.5. The number of carbonyl (C=O) groups is 5. The Morgan fingerprint density at radius 3 is 2.12 bits per heavy atom. The van der Waals surface area contributed by atoms with E-state index in [0.29, 0.717) is 0 Å². The minimum absolute atomic E-state index is 0.110. The second-order valence-electron chi connectivity index (χ2n) is 15.3. The quantitative estimate of drug-likeness (QED) is 0.261. The molecule has 268 valence electrons. The molecule has 2 N–H and O–H groups in total. The van der Waals surface area contributed by atoms with Crippen LogP contribution in [0.4, 0.5) is 4.79 Å². The summed E-state index contributed by atoms with van der Waals surface area (Å²) >= 11 is 0. The Bertz CT molecular complexity index is 1570. The van der Waals surface area contributed by atoms with Crippen LogP contribution in [0.3, 0.4) is 0 Å². The Kier molecular flexibility index (Phi) is 9.08. The number of rotatable bonds is 5. The molecule has 3 aliphatic carbocycles. The van der Waals surface area contributed by atoms with Crippen LogP contribution in [0.1, 0.15) is 85.5 Å². The molecule has 0 radical (unpaired) electrons. The van der Waals surface area contributed by atoms with E-state index in [2.05, 4.69) is 0 Å². The highest BCUT2D eigenvalue weighted by Crippen LogP contribution is 2.64. The minimum Gasteiger partial charge on any atom is -0.455 e. The first-order valence-corrected chi connectivity index (χ1v) is 16.4. The molecular weight excluding hydrogens is 640 g/mol. The topological polar surface area (TPSA) is 181 Å². The largest absolute Gasteiger partial charge is 0.509 e. The van der Waals surface area contributed by atoms with Gasteiger partial charge in [-0.25, -0.2) is 9.59 Å². The average Bonchev–Trinajstić information content (AvgIpc) is 2.97. The molecule has 1 aromatic carbocycles. The number of Topliss-reactive ketones (excluding diaryl/α,β-unsaturated/α-hetero) is 1. The van der Waals surface area contributed by atoms with Crippen molar-refractivity contribution in [3.05, 3.63) is 47.0 Å². The Hall–Kier alpha value is -3.81. The molecule has 0 aromatic heterocycles. The van der Waals surface area contributed by atoms with Crippen molar-refractivity contribution >= 4 is 29.8 Å². The van der Waals surface area contributed by atoms with Gasteiger partial charge in [-0.3, -0.25) is 14.4 Å². The number of hydrogen-bond acceptors (Lipinski definition) is 13. The first kappa shape index (κ1) is 36.5. The van der Waals surface area contributed by atoms with Crippen LogP contribution in [0.5, 0.6) is 0 Å². The molecule has 1 heterocycles. The van der Waals surface area contributed by atoms with E-state index in [0.717, 1.165) is 6.92 Å². The van der Waals surface area contributed by atoms with Gasteiger partial charge in [0.25, 0.3) is 0 Å². The van der Waals surface area contributed by atoms with Gasteiger partial charge in [-0.15, -0.1) is 0 Å². The number of aliphatic hydroxyl groups excluding tert-OH is 1. The van der Waals surface area contributed by atoms with Gasteiger partial charge in [-0.05, 0) is 57.9 Å². The smallest absolute Gasteiger partial charge is 0.455 e. The van der Waals surface area contributed by atoms with Crippen molar-refractivity contribution in [1.82, 2.24) is 0 Å². The predicted octanol–water partition coefficient (Wildman–Crippen LogP) is 3.61. The van der Waals surface area contributed by atoms with Gasteiger partial charge in [0.05, 0.1) is 29.6 Å². The lowest BCUT2D eigenvalue weighted by molar-refractivity contribution is -0.346. The fourth-order valence-corrected chi connectivity index (χ4v) is 8.45. The van der Waals surface area contributed by atoms with Crippen LogP contribution >= 0.6 is 0 Å². The predicted molar refractivity (Wildman–Crippen MR) is 170 cm³/mol. The number of carbonyl (C=O) groups excluding carboxylic acids is 5. The second kappa shape index (κ2) is 12.2. The molecule has 1 aromatic rings. The van der Waals surface area contributed by atoms with E-state index in [-0.39, 0.29) is 36.2 Å². The number of hydrogen-bond donors (Lipinski definition) is 2. The molecule has 2 bridgehead atoms. The zero-order valence-corrected chi connectivity index (χ0v) is 29.4. The van der Waals surface area contributed by atoms with Crippen molar-refractivity contribution < 1.29 is 62.6 Å². The average molecular weight is 687 g/mol. The lowest BCUT2D eigenvalue weighted by Crippen LogP contribution is -2.82. The molecule has 3 fully saturated rings. The third-order valence-corrected chi connectivity index (χ3v) is 10.8. The summed E-state index contributed by atoms with van der Waals surface area (Å²) in [5.74, 6) is -4.69. The van der Waals surface area contributed by atoms with Crippen LogP contribution in [0.2, 0.25) is 0 Å². The normalized spacial score (nSPS) is 36.4. The van der Waals surface area contributed by atoms with E-state index in [4.69, 9.17) is 28.4 Å². The van der Waals surface area contributed by atoms with E-state index in [1.807, 2.05) is 0 Å². The third-order valence-electron chi connectivity index (χ3n) is 10.8. The number of ketones is 1. The van der Waals surface area contributed by atoms with Gasteiger partial charge in [0.15, 0.2) is 17.5 Å². The zero-order valence-electron chi connectivity index (χ0n) is 29.4. The number of benzene rings is 1. The minimum atomic E-state index is -2.20. The van der Waals surface area contributed by atoms with Gasteiger partial charge in [0.1, 0.15) is 29.5 Å². The highest BCUT2D eigenvalue weighted by molar-refractivity contribution is 5.95. The first-order chi connectivity index (χ1) is 22.6. The second-order valence-corrected chi connectivity index (χ2v) is 15.3. The Morgan fingerprint density at radius 1 is 0.959 bits per heavy atom. The fraction of sp³-hybridized carbons (Fsp3) is 0.639. The van der Waals surface area contributed by atoms with Crippen LogP contribution in [-0.4, -0.2) is 94.0 Å². The van der Waals surface area contributed by atoms with Crippen molar-refractivity contribution in [3.8, 4) is 0 Å². The summed E-state index contributed by atoms with van der Waals surface area (Å²) < 4.78 is 35.4. The summed E-state index contributed by atoms with van der Waals surface area (Å²) in [4.78, 5) is 68.2. The molecule has 2 saturated carbocycles. The van der Waals surface area contributed by atoms with Crippen molar-refractivity contribution in [2.24, 2.45) is 16.7 Å². The van der Waals surface area contributed by atoms with Gasteiger partial charge >= 0.3 is 24.1 Å². The van der Waals surface area contributed by atoms with Crippen LogP contribution in [0.15, 0.2) is 41.5 Å². The number of ether oxygens (including phenoxy) is 6. The van der Waals surface area contributed by atoms with Crippen molar-refractivity contribution in [2.45, 2.75) is 122 Å². The van der Waals surface area contributed by atoms with E-state index in [9.17, 15) is 29.4 Å². The molecule has 13 heteroatoms. The standard InChI is InChI=1S/C36H46O13/c1-18-22(39)16-36(43)29(47-30(41)21-13-11-10-12-14-21)27-34(9,28(40)26(45-19(2)37)25(18)33(36,7)8)23(46-31(42)49-32(4,5)6)15-24-35(27,17-44-24)48-20(3)38/h10-14,22-24,26-27,29,39,43H,15-17H2,1-9H3/t22-,23-,24+,26+,27-,29-,34+,35-,36+/m0/s1. The van der Waals surface area contributed by atoms with Crippen molar-refractivity contribution in [2.75, 3.05) is 6.61 Å². The summed E-state index contributed by atoms with van der Waals surface area (Å²) in [6.07, 6.45) is -8.79. The molecule has 1 saturated heterocycles. The SMILES string of the molecule is CC(=O)O[C@H]1C(=O)[C@]2(C)[C@@H](OC(=O)OC(C)(C)C)C[C@H]3OC[C@@]3(OC(C)=O)[C@H]2[C@H](OC(=O)c2ccccc2)[C@]2(O)C[C@H](O)C(C)=C1C2(C)C. The van der Waals surface area contributed by atoms with Gasteiger partial charge in [-0.1, -0.05) is 32.0 Å². The molecule has 49 heavy (non-hydrogen) atoms. The first-order valence-electron chi connectivity index (χ1n) is 16.4. The number of esters is 3. The summed E-state index contributed by atoms with van der Waals surface area (Å²) in [6.45, 7) is 13.2. The highest BCUT2D eigenvalue weighted by Gasteiger charge is 2.79. The van der Waals surface area contributed by atoms with Crippen molar-refractivity contribution in [3.63, 3.8) is 0 Å². The van der Waals surface area contributed by atoms with E-state index in [1.54, 1.807) is 59.7 Å². The van der Waals surface area contributed by atoms with Crippen LogP contribution in [0.25, 0.3) is 0 Å². The fourth-order valence-electron chi connectivity index (χ4n) is 8.45. The molecule has 4 aliphatic rings. The lowest BCUT2D eigenvalue weighted by atomic mass is 9.44. The highest BCUT2D eigenvalue weighted by atomic mass is 16.7. The molecule has 9 atom stereocenters. The van der Waals surface area contributed by atoms with Gasteiger partial charge in [-0.2, -0.15) is 0 Å². The maximum atomic E-state index is 15.4. The Balaban J connectivity index is 1.85. The van der Waals surface area contributed by atoms with Gasteiger partial charge < -0.3 is 38.6 Å². The molecule has 0 unspecified atom stereocenters. The third kappa shape index (κ3) is 5.83. The molecule has 13 nitrogen and oxygen atoms in total. The maximum absolute atomic E-state index is 15.4. The van der Waals surface area contributed by atoms with E-state index >= 15 is 4.79 Å². The molecule has 0 amide bonds. The summed E-state index contributed by atoms with van der Waals surface area (Å²) in [6, 6.07) is 7.98. The van der Waals surface area contributed by atoms with E-state index in [1.165, 1.54) is 26.0 Å². The molecular formula is C36H46O13. The van der Waals surface area contributed by atoms with Crippen LogP contribution in [-0.2, 0) is 42.8 Å². The van der Waals surface area contributed by atoms with Crippen LogP contribution in [0, 0.1) is 16.7 Å². The maximum Gasteiger partial charge on any atom is 0.509 e. The summed E-state index contributed by atoms with van der Waals surface area (Å²) in [5.41, 5.74) is -7.86. The molecule has 1 aliphatic heterocycles. The summed E-state index contributed by atoms with van der Waals surface area (Å²) in [5, 5.41) is 24.6. The Labute approximate surface area is 285 Å². The van der Waals surface area contributed by atoms with Crippen LogP contribution < -0.4 is 0 Å². The Morgan fingerprint density at radius 2 is 1.59 bits per heavy atom. The van der Waals surface area contributed by atoms with Gasteiger partial charge in [0, 0.05) is 32.1 Å². The van der Waals surface area contributed by atoms with E-state index < -0.39 is 93.9 Å². The summed E-state index contributed by atoms with van der Waals surface area (Å²) in [7, 11) is 0. The van der Waals surface area contributed by atoms with Gasteiger partial charge in [0.2, 0.25) is 0 Å².